The van der Waals surface area contributed by atoms with Gasteiger partial charge in [0.1, 0.15) is 19.8 Å². The minimum atomic E-state index is -4.41. The van der Waals surface area contributed by atoms with E-state index >= 15 is 0 Å². The van der Waals surface area contributed by atoms with Crippen molar-refractivity contribution >= 4 is 19.8 Å². The maximum atomic E-state index is 12.8. The lowest BCUT2D eigenvalue weighted by molar-refractivity contribution is -0.870. The van der Waals surface area contributed by atoms with Gasteiger partial charge in [0.05, 0.1) is 27.7 Å². The Kier molecular flexibility index (Phi) is 55.6. The molecule has 0 aromatic rings. The molecule has 10 heteroatoms. The van der Waals surface area contributed by atoms with Crippen LogP contribution in [0.1, 0.15) is 206 Å². The molecule has 0 radical (unpaired) electrons. The SMILES string of the molecule is CC/C=C\C/C=C\C/C=C\C/C=C\C/C=C\C/C=C\C/C=C\CCCCCCCCCCCC(=O)OC(COC(=O)CCCCC/C=C\C/C=C\C/C=C\C/C=C\C/C=C\C/C=C\C/C=C\CC)COP(=O)(O)OCC[N+](C)(C)C. The molecular weight excluding hydrogens is 1010 g/mol. The maximum Gasteiger partial charge on any atom is 0.472 e. The Labute approximate surface area is 489 Å². The van der Waals surface area contributed by atoms with Crippen LogP contribution in [0, 0.1) is 0 Å². The number of ether oxygens (including phenoxy) is 2. The molecule has 0 aromatic heterocycles. The molecule has 0 bridgehead atoms. The third-order valence-electron chi connectivity index (χ3n) is 12.2. The number of rotatable bonds is 54. The van der Waals surface area contributed by atoms with Gasteiger partial charge in [-0.1, -0.05) is 235 Å². The molecule has 0 rings (SSSR count). The predicted molar refractivity (Wildman–Crippen MR) is 343 cm³/mol. The number of likely N-dealkylation sites (N-methyl/N-ethyl adjacent to an activating group) is 1. The molecule has 0 aliphatic carbocycles. The van der Waals surface area contributed by atoms with Crippen molar-refractivity contribution in [3.8, 4) is 0 Å². The topological polar surface area (TPSA) is 108 Å². The van der Waals surface area contributed by atoms with Crippen molar-refractivity contribution in [3.63, 3.8) is 0 Å². The summed E-state index contributed by atoms with van der Waals surface area (Å²) < 4.78 is 34.6. The summed E-state index contributed by atoms with van der Waals surface area (Å²) in [5, 5.41) is 0. The van der Waals surface area contributed by atoms with Gasteiger partial charge in [-0.05, 0) is 128 Å². The number of quaternary nitrogens is 1. The van der Waals surface area contributed by atoms with Crippen LogP contribution in [0.5, 0.6) is 0 Å². The van der Waals surface area contributed by atoms with Crippen molar-refractivity contribution in [3.05, 3.63) is 170 Å². The number of hydrogen-bond donors (Lipinski definition) is 1. The number of esters is 2. The number of hydrogen-bond acceptors (Lipinski definition) is 7. The highest BCUT2D eigenvalue weighted by Gasteiger charge is 2.27. The van der Waals surface area contributed by atoms with Crippen LogP contribution in [0.2, 0.25) is 0 Å². The fourth-order valence-electron chi connectivity index (χ4n) is 7.56. The van der Waals surface area contributed by atoms with Crippen molar-refractivity contribution in [1.29, 1.82) is 0 Å². The van der Waals surface area contributed by atoms with Crippen molar-refractivity contribution in [2.24, 2.45) is 0 Å². The van der Waals surface area contributed by atoms with Crippen LogP contribution in [-0.2, 0) is 32.7 Å². The number of carbonyl (C=O) groups is 2. The highest BCUT2D eigenvalue weighted by molar-refractivity contribution is 7.47. The van der Waals surface area contributed by atoms with Gasteiger partial charge in [-0.3, -0.25) is 18.6 Å². The maximum absolute atomic E-state index is 12.8. The summed E-state index contributed by atoms with van der Waals surface area (Å²) in [6, 6.07) is 0. The lowest BCUT2D eigenvalue weighted by Crippen LogP contribution is -2.37. The monoisotopic (exact) mass is 1130 g/mol. The summed E-state index contributed by atoms with van der Waals surface area (Å²) in [5.74, 6) is -0.858. The van der Waals surface area contributed by atoms with Crippen LogP contribution in [0.4, 0.5) is 0 Å². The highest BCUT2D eigenvalue weighted by atomic mass is 31.2. The van der Waals surface area contributed by atoms with E-state index in [9.17, 15) is 19.0 Å². The van der Waals surface area contributed by atoms with Gasteiger partial charge < -0.3 is 18.9 Å². The van der Waals surface area contributed by atoms with E-state index in [0.29, 0.717) is 23.9 Å². The Balaban J connectivity index is 4.27. The van der Waals surface area contributed by atoms with Gasteiger partial charge >= 0.3 is 19.8 Å². The first kappa shape index (κ1) is 75.4. The van der Waals surface area contributed by atoms with E-state index < -0.39 is 32.5 Å². The zero-order chi connectivity index (χ0) is 58.4. The van der Waals surface area contributed by atoms with Gasteiger partial charge in [0.2, 0.25) is 0 Å². The van der Waals surface area contributed by atoms with E-state index in [-0.39, 0.29) is 26.1 Å². The van der Waals surface area contributed by atoms with Crippen LogP contribution >= 0.6 is 7.82 Å². The number of carbonyl (C=O) groups excluding carboxylic acids is 2. The molecule has 9 nitrogen and oxygen atoms in total. The fraction of sp³-hybridized carbons (Fsp3) is 0.571. The number of phosphoric ester groups is 1. The molecule has 2 atom stereocenters. The molecule has 0 heterocycles. The van der Waals surface area contributed by atoms with Crippen LogP contribution < -0.4 is 0 Å². The summed E-state index contributed by atoms with van der Waals surface area (Å²) in [4.78, 5) is 35.8. The second-order valence-electron chi connectivity index (χ2n) is 21.0. The molecule has 0 aliphatic heterocycles. The fourth-order valence-corrected chi connectivity index (χ4v) is 8.30. The third-order valence-corrected chi connectivity index (χ3v) is 13.2. The van der Waals surface area contributed by atoms with Crippen molar-refractivity contribution in [2.75, 3.05) is 47.5 Å². The molecule has 1 N–H and O–H groups in total. The first-order valence-corrected chi connectivity index (χ1v) is 32.4. The molecule has 0 saturated carbocycles. The minimum Gasteiger partial charge on any atom is -0.462 e. The summed E-state index contributed by atoms with van der Waals surface area (Å²) in [5.41, 5.74) is 0. The van der Waals surface area contributed by atoms with Crippen LogP contribution in [0.15, 0.2) is 170 Å². The zero-order valence-corrected chi connectivity index (χ0v) is 51.9. The van der Waals surface area contributed by atoms with Crippen molar-refractivity contribution in [2.45, 2.75) is 213 Å². The largest absolute Gasteiger partial charge is 0.472 e. The molecule has 80 heavy (non-hydrogen) atoms. The molecular formula is C70H113NO8P+. The average Bonchev–Trinajstić information content (AvgIpc) is 3.42. The van der Waals surface area contributed by atoms with Gasteiger partial charge in [-0.2, -0.15) is 0 Å². The number of allylic oxidation sites excluding steroid dienone is 28. The van der Waals surface area contributed by atoms with Crippen LogP contribution in [0.25, 0.3) is 0 Å². The molecule has 0 aromatic carbocycles. The third kappa shape index (κ3) is 62.6. The standard InChI is InChI=1S/C70H112NO8P/c1-6-8-10-12-14-16-18-20-22-24-26-28-30-32-33-34-35-36-37-39-41-43-45-47-49-51-53-55-57-59-61-63-70(73)79-68(67-78-80(74,75)77-65-64-71(3,4)5)66-76-69(72)62-60-58-56-54-52-50-48-46-44-42-40-38-31-29-27-25-23-21-19-17-15-13-11-9-7-2/h8-11,14-17,20-23,26-29,32-33,35-36,38-41,44,46,50,52,68H,6-7,12-13,18-19,24-25,30-31,34,37,42-43,45,47-49,51,53-67H2,1-5H3/p+1/b10-8-,11-9-,16-14-,17-15-,22-20-,23-21-,28-26-,29-27-,33-32-,36-35-,40-38-,41-39-,46-44-,52-50-. The smallest absolute Gasteiger partial charge is 0.462 e. The lowest BCUT2D eigenvalue weighted by atomic mass is 10.1. The number of unbranched alkanes of at least 4 members (excludes halogenated alkanes) is 12. The van der Waals surface area contributed by atoms with Crippen molar-refractivity contribution < 1.29 is 42.1 Å². The van der Waals surface area contributed by atoms with E-state index in [1.807, 2.05) is 21.1 Å². The van der Waals surface area contributed by atoms with E-state index in [0.717, 1.165) is 135 Å². The lowest BCUT2D eigenvalue weighted by Gasteiger charge is -2.24. The molecule has 0 saturated heterocycles. The van der Waals surface area contributed by atoms with E-state index in [4.69, 9.17) is 18.5 Å². The Hall–Kier alpha value is -4.63. The summed E-state index contributed by atoms with van der Waals surface area (Å²) >= 11 is 0. The molecule has 450 valence electrons. The van der Waals surface area contributed by atoms with E-state index in [1.54, 1.807) is 0 Å². The summed E-state index contributed by atoms with van der Waals surface area (Å²) in [6.07, 6.45) is 89.9. The minimum absolute atomic E-state index is 0.0143. The molecule has 0 aliphatic rings. The Morgan fingerprint density at radius 1 is 0.388 bits per heavy atom. The average molecular weight is 1130 g/mol. The first-order valence-electron chi connectivity index (χ1n) is 30.9. The quantitative estimate of drug-likeness (QED) is 0.0211. The van der Waals surface area contributed by atoms with Crippen molar-refractivity contribution in [1.82, 2.24) is 0 Å². The predicted octanol–water partition coefficient (Wildman–Crippen LogP) is 19.8. The van der Waals surface area contributed by atoms with E-state index in [2.05, 4.69) is 184 Å². The second-order valence-corrected chi connectivity index (χ2v) is 22.4. The molecule has 2 unspecified atom stereocenters. The van der Waals surface area contributed by atoms with Gasteiger partial charge in [-0.15, -0.1) is 0 Å². The first-order chi connectivity index (χ1) is 39.0. The second kappa shape index (κ2) is 59.0. The molecule has 0 spiro atoms. The summed E-state index contributed by atoms with van der Waals surface area (Å²) in [7, 11) is 1.43. The van der Waals surface area contributed by atoms with Crippen LogP contribution in [0.3, 0.4) is 0 Å². The van der Waals surface area contributed by atoms with Gasteiger partial charge in [-0.25, -0.2) is 4.57 Å². The summed E-state index contributed by atoms with van der Waals surface area (Å²) in [6.45, 7) is 4.13. The zero-order valence-electron chi connectivity index (χ0n) is 51.0. The molecule has 0 fully saturated rings. The highest BCUT2D eigenvalue weighted by Crippen LogP contribution is 2.43. The Morgan fingerprint density at radius 2 is 0.675 bits per heavy atom. The Bertz CT molecular complexity index is 1950. The van der Waals surface area contributed by atoms with Gasteiger partial charge in [0, 0.05) is 12.8 Å². The normalized spacial score (nSPS) is 14.4. The molecule has 0 amide bonds. The van der Waals surface area contributed by atoms with Gasteiger partial charge in [0.15, 0.2) is 6.10 Å². The van der Waals surface area contributed by atoms with Crippen LogP contribution in [-0.4, -0.2) is 74.9 Å². The van der Waals surface area contributed by atoms with Gasteiger partial charge in [0.25, 0.3) is 0 Å². The Morgan fingerprint density at radius 3 is 1.01 bits per heavy atom. The number of phosphoric acid groups is 1. The number of nitrogens with zero attached hydrogens (tertiary/aromatic N) is 1. The van der Waals surface area contributed by atoms with E-state index in [1.165, 1.54) is 32.1 Å².